The van der Waals surface area contributed by atoms with Crippen LogP contribution in [0.3, 0.4) is 0 Å². The lowest BCUT2D eigenvalue weighted by atomic mass is 10.2. The molecule has 1 amide bonds. The van der Waals surface area contributed by atoms with E-state index in [1.165, 1.54) is 7.11 Å². The van der Waals surface area contributed by atoms with Crippen molar-refractivity contribution in [2.75, 3.05) is 13.7 Å². The number of carbonyl (C=O) groups excluding carboxylic acids is 1. The third-order valence-corrected chi connectivity index (χ3v) is 2.41. The lowest BCUT2D eigenvalue weighted by Gasteiger charge is -2.18. The third-order valence-electron chi connectivity index (χ3n) is 2.17. The molecule has 0 saturated heterocycles. The molecule has 0 fully saturated rings. The van der Waals surface area contributed by atoms with Gasteiger partial charge in [-0.1, -0.05) is 17.7 Å². The van der Waals surface area contributed by atoms with E-state index >= 15 is 0 Å². The number of hydrogen-bond acceptors (Lipinski definition) is 4. The van der Waals surface area contributed by atoms with Crippen molar-refractivity contribution < 1.29 is 14.3 Å². The second-order valence-electron chi connectivity index (χ2n) is 3.48. The second-order valence-corrected chi connectivity index (χ2v) is 3.92. The molecule has 6 heteroatoms. The number of benzene rings is 1. The average molecular weight is 259 g/mol. The number of nitrogens with one attached hydrogen (secondary N) is 1. The number of aryl methyl sites for hydroxylation is 1. The average Bonchev–Trinajstić information content (AvgIpc) is 2.32. The minimum Gasteiger partial charge on any atom is -0.478 e. The minimum atomic E-state index is -0.804. The molecule has 0 spiro atoms. The summed E-state index contributed by atoms with van der Waals surface area (Å²) in [7, 11) is 1.48. The van der Waals surface area contributed by atoms with Crippen molar-refractivity contribution in [1.29, 1.82) is 0 Å². The minimum absolute atomic E-state index is 0.106. The quantitative estimate of drug-likeness (QED) is 0.470. The van der Waals surface area contributed by atoms with Crippen LogP contribution in [0.5, 0.6) is 5.75 Å². The van der Waals surface area contributed by atoms with E-state index in [9.17, 15) is 4.79 Å². The van der Waals surface area contributed by atoms with Crippen molar-refractivity contribution >= 4 is 17.5 Å². The van der Waals surface area contributed by atoms with E-state index in [1.807, 2.05) is 18.4 Å². The summed E-state index contributed by atoms with van der Waals surface area (Å²) in [5, 5.41) is 0.537. The molecule has 1 aromatic rings. The van der Waals surface area contributed by atoms with Crippen molar-refractivity contribution in [2.45, 2.75) is 13.0 Å². The highest BCUT2D eigenvalue weighted by Crippen LogP contribution is 2.23. The van der Waals surface area contributed by atoms with Gasteiger partial charge in [-0.05, 0) is 24.6 Å². The highest BCUT2D eigenvalue weighted by atomic mass is 35.5. The maximum absolute atomic E-state index is 11.4. The van der Waals surface area contributed by atoms with E-state index in [-0.39, 0.29) is 6.61 Å². The van der Waals surface area contributed by atoms with Crippen molar-refractivity contribution in [1.82, 2.24) is 5.43 Å². The van der Waals surface area contributed by atoms with Crippen LogP contribution in [0.25, 0.3) is 0 Å². The fraction of sp³-hybridized carbons (Fsp3) is 0.364. The molecule has 0 bridgehead atoms. The van der Waals surface area contributed by atoms with Gasteiger partial charge in [0, 0.05) is 12.1 Å². The van der Waals surface area contributed by atoms with Gasteiger partial charge in [0.05, 0.1) is 6.61 Å². The number of hydrazine groups is 1. The maximum Gasteiger partial charge on any atom is 0.277 e. The molecule has 1 atom stereocenters. The SMILES string of the molecule is COCC(Oc1cc(Cl)ccc1C)C(=O)NN. The normalized spacial score (nSPS) is 12.0. The van der Waals surface area contributed by atoms with Gasteiger partial charge in [0.1, 0.15) is 5.75 Å². The number of carbonyl (C=O) groups is 1. The zero-order valence-corrected chi connectivity index (χ0v) is 10.5. The first kappa shape index (κ1) is 13.8. The largest absolute Gasteiger partial charge is 0.478 e. The molecule has 1 aromatic carbocycles. The van der Waals surface area contributed by atoms with Crippen LogP contribution < -0.4 is 16.0 Å². The standard InChI is InChI=1S/C11H15ClN2O3/c1-7-3-4-8(12)5-9(7)17-10(6-16-2)11(15)14-13/h3-5,10H,6,13H2,1-2H3,(H,14,15). The zero-order valence-electron chi connectivity index (χ0n) is 9.70. The van der Waals surface area contributed by atoms with E-state index < -0.39 is 12.0 Å². The number of nitrogens with two attached hydrogens (primary N) is 1. The van der Waals surface area contributed by atoms with Gasteiger partial charge in [0.25, 0.3) is 5.91 Å². The summed E-state index contributed by atoms with van der Waals surface area (Å²) >= 11 is 5.85. The van der Waals surface area contributed by atoms with Gasteiger partial charge in [0.15, 0.2) is 0 Å². The monoisotopic (exact) mass is 258 g/mol. The fourth-order valence-electron chi connectivity index (χ4n) is 1.26. The molecule has 0 aromatic heterocycles. The molecule has 0 saturated carbocycles. The number of rotatable bonds is 5. The molecule has 17 heavy (non-hydrogen) atoms. The first-order chi connectivity index (χ1) is 8.08. The van der Waals surface area contributed by atoms with Crippen LogP contribution in [0.1, 0.15) is 5.56 Å². The lowest BCUT2D eigenvalue weighted by Crippen LogP contribution is -2.44. The number of amides is 1. The zero-order chi connectivity index (χ0) is 12.8. The van der Waals surface area contributed by atoms with Crippen LogP contribution in [-0.4, -0.2) is 25.7 Å². The smallest absolute Gasteiger partial charge is 0.277 e. The van der Waals surface area contributed by atoms with Crippen molar-refractivity contribution in [3.8, 4) is 5.75 Å². The molecule has 0 aliphatic heterocycles. The van der Waals surface area contributed by atoms with E-state index in [1.54, 1.807) is 12.1 Å². The molecular weight excluding hydrogens is 244 g/mol. The molecule has 0 aliphatic rings. The summed E-state index contributed by atoms with van der Waals surface area (Å²) in [4.78, 5) is 11.4. The van der Waals surface area contributed by atoms with E-state index in [0.29, 0.717) is 10.8 Å². The Morgan fingerprint density at radius 2 is 2.29 bits per heavy atom. The number of ether oxygens (including phenoxy) is 2. The topological polar surface area (TPSA) is 73.6 Å². The van der Waals surface area contributed by atoms with Crippen LogP contribution >= 0.6 is 11.6 Å². The third kappa shape index (κ3) is 3.89. The van der Waals surface area contributed by atoms with Crippen LogP contribution in [0.15, 0.2) is 18.2 Å². The summed E-state index contributed by atoms with van der Waals surface area (Å²) in [5.74, 6) is 5.14. The molecule has 94 valence electrons. The number of halogens is 1. The van der Waals surface area contributed by atoms with Gasteiger partial charge >= 0.3 is 0 Å². The highest BCUT2D eigenvalue weighted by molar-refractivity contribution is 6.30. The van der Waals surface area contributed by atoms with Crippen LogP contribution in [0.4, 0.5) is 0 Å². The molecular formula is C11H15ClN2O3. The Morgan fingerprint density at radius 1 is 1.59 bits per heavy atom. The molecule has 0 radical (unpaired) electrons. The van der Waals surface area contributed by atoms with E-state index in [2.05, 4.69) is 0 Å². The van der Waals surface area contributed by atoms with Crippen LogP contribution in [-0.2, 0) is 9.53 Å². The van der Waals surface area contributed by atoms with E-state index in [4.69, 9.17) is 26.9 Å². The lowest BCUT2D eigenvalue weighted by molar-refractivity contribution is -0.130. The molecule has 5 nitrogen and oxygen atoms in total. The van der Waals surface area contributed by atoms with Gasteiger partial charge in [-0.25, -0.2) is 5.84 Å². The summed E-state index contributed by atoms with van der Waals surface area (Å²) in [5.41, 5.74) is 2.90. The Labute approximate surface area is 105 Å². The fourth-order valence-corrected chi connectivity index (χ4v) is 1.42. The Kier molecular flexibility index (Phi) is 5.21. The Balaban J connectivity index is 2.85. The molecule has 3 N–H and O–H groups in total. The Bertz CT molecular complexity index is 398. The van der Waals surface area contributed by atoms with Crippen molar-refractivity contribution in [3.05, 3.63) is 28.8 Å². The van der Waals surface area contributed by atoms with Gasteiger partial charge in [0.2, 0.25) is 6.10 Å². The Hall–Kier alpha value is -1.30. The molecule has 0 heterocycles. The van der Waals surface area contributed by atoms with Gasteiger partial charge in [-0.2, -0.15) is 0 Å². The van der Waals surface area contributed by atoms with Crippen LogP contribution in [0.2, 0.25) is 5.02 Å². The van der Waals surface area contributed by atoms with Crippen LogP contribution in [0, 0.1) is 6.92 Å². The van der Waals surface area contributed by atoms with Gasteiger partial charge < -0.3 is 9.47 Å². The summed E-state index contributed by atoms with van der Waals surface area (Å²) in [6, 6.07) is 5.20. The predicted octanol–water partition coefficient (Wildman–Crippen LogP) is 1.03. The summed E-state index contributed by atoms with van der Waals surface area (Å²) in [6.45, 7) is 1.96. The van der Waals surface area contributed by atoms with Crippen molar-refractivity contribution in [2.24, 2.45) is 5.84 Å². The Morgan fingerprint density at radius 3 is 2.88 bits per heavy atom. The predicted molar refractivity (Wildman–Crippen MR) is 64.8 cm³/mol. The summed E-state index contributed by atoms with van der Waals surface area (Å²) < 4.78 is 10.4. The van der Waals surface area contributed by atoms with Gasteiger partial charge in [-0.3, -0.25) is 10.2 Å². The number of hydrogen-bond donors (Lipinski definition) is 2. The molecule has 1 unspecified atom stereocenters. The second kappa shape index (κ2) is 6.44. The van der Waals surface area contributed by atoms with Crippen molar-refractivity contribution in [3.63, 3.8) is 0 Å². The maximum atomic E-state index is 11.4. The first-order valence-corrected chi connectivity index (χ1v) is 5.38. The molecule has 0 aliphatic carbocycles. The highest BCUT2D eigenvalue weighted by Gasteiger charge is 2.20. The van der Waals surface area contributed by atoms with E-state index in [0.717, 1.165) is 5.56 Å². The van der Waals surface area contributed by atoms with Gasteiger partial charge in [-0.15, -0.1) is 0 Å². The first-order valence-electron chi connectivity index (χ1n) is 5.00. The number of methoxy groups -OCH3 is 1. The summed E-state index contributed by atoms with van der Waals surface area (Å²) in [6.07, 6.45) is -0.804. The molecule has 1 rings (SSSR count).